The SMILES string of the molecule is CCSc1nc(SC)c2c(Nc3cc(C)ccc3Sc3ccc(O)cc3)ncnc2n1. The van der Waals surface area contributed by atoms with E-state index in [4.69, 9.17) is 4.98 Å². The molecule has 2 aromatic heterocycles. The van der Waals surface area contributed by atoms with Gasteiger partial charge in [0.1, 0.15) is 22.9 Å². The maximum Gasteiger partial charge on any atom is 0.190 e. The summed E-state index contributed by atoms with van der Waals surface area (Å²) in [7, 11) is 0. The van der Waals surface area contributed by atoms with Crippen molar-refractivity contribution in [1.29, 1.82) is 0 Å². The summed E-state index contributed by atoms with van der Waals surface area (Å²) in [6, 6.07) is 13.4. The molecule has 2 aromatic carbocycles. The Labute approximate surface area is 193 Å². The van der Waals surface area contributed by atoms with Crippen LogP contribution in [-0.2, 0) is 0 Å². The van der Waals surface area contributed by atoms with Crippen molar-refractivity contribution in [3.63, 3.8) is 0 Å². The van der Waals surface area contributed by atoms with Crippen LogP contribution in [0.4, 0.5) is 11.5 Å². The van der Waals surface area contributed by atoms with Crippen molar-refractivity contribution < 1.29 is 5.11 Å². The molecule has 31 heavy (non-hydrogen) atoms. The number of nitrogens with one attached hydrogen (secondary N) is 1. The van der Waals surface area contributed by atoms with Crippen LogP contribution in [0.3, 0.4) is 0 Å². The molecular formula is C22H21N5OS3. The van der Waals surface area contributed by atoms with Crippen LogP contribution in [0.1, 0.15) is 12.5 Å². The summed E-state index contributed by atoms with van der Waals surface area (Å²) in [4.78, 5) is 20.3. The lowest BCUT2D eigenvalue weighted by Crippen LogP contribution is -2.02. The Hall–Kier alpha value is -2.49. The van der Waals surface area contributed by atoms with Crippen LogP contribution in [0.2, 0.25) is 0 Å². The molecule has 2 N–H and O–H groups in total. The molecule has 0 saturated carbocycles. The molecule has 2 heterocycles. The summed E-state index contributed by atoms with van der Waals surface area (Å²) < 4.78 is 0. The largest absolute Gasteiger partial charge is 0.508 e. The molecule has 0 unspecified atom stereocenters. The maximum absolute atomic E-state index is 9.56. The molecule has 158 valence electrons. The van der Waals surface area contributed by atoms with Crippen LogP contribution in [0.25, 0.3) is 11.0 Å². The fraction of sp³-hybridized carbons (Fsp3) is 0.182. The normalized spacial score (nSPS) is 11.1. The van der Waals surface area contributed by atoms with Gasteiger partial charge in [-0.2, -0.15) is 0 Å². The van der Waals surface area contributed by atoms with Crippen molar-refractivity contribution in [2.24, 2.45) is 0 Å². The Morgan fingerprint density at radius 1 is 1.03 bits per heavy atom. The molecule has 9 heteroatoms. The molecule has 6 nitrogen and oxygen atoms in total. The molecule has 0 saturated heterocycles. The lowest BCUT2D eigenvalue weighted by Gasteiger charge is -2.15. The Morgan fingerprint density at radius 2 is 1.84 bits per heavy atom. The van der Waals surface area contributed by atoms with Gasteiger partial charge in [-0.05, 0) is 60.9 Å². The predicted octanol–water partition coefficient (Wildman–Crippen LogP) is 6.16. The van der Waals surface area contributed by atoms with E-state index in [1.807, 2.05) is 18.4 Å². The van der Waals surface area contributed by atoms with Gasteiger partial charge in [0.05, 0.1) is 11.1 Å². The second-order valence-electron chi connectivity index (χ2n) is 6.59. The topological polar surface area (TPSA) is 83.8 Å². The standard InChI is InChI=1S/C22H21N5OS3/c1-4-30-22-26-20-18(21(27-22)29-3)19(23-12-24-20)25-16-11-13(2)5-10-17(16)31-15-8-6-14(28)7-9-15/h5-12,28H,4H2,1-3H3,(H,23,24,25,26,27). The lowest BCUT2D eigenvalue weighted by molar-refractivity contribution is 0.475. The Balaban J connectivity index is 1.75. The molecule has 0 spiro atoms. The van der Waals surface area contributed by atoms with E-state index in [2.05, 4.69) is 52.3 Å². The number of phenols is 1. The Kier molecular flexibility index (Phi) is 6.84. The third-order valence-corrected chi connectivity index (χ3v) is 6.85. The minimum absolute atomic E-state index is 0.254. The Bertz CT molecular complexity index is 1220. The fourth-order valence-corrected chi connectivity index (χ4v) is 5.03. The van der Waals surface area contributed by atoms with Crippen molar-refractivity contribution >= 4 is 57.8 Å². The molecule has 4 rings (SSSR count). The van der Waals surface area contributed by atoms with Gasteiger partial charge in [0.25, 0.3) is 0 Å². The van der Waals surface area contributed by atoms with Gasteiger partial charge in [-0.15, -0.1) is 11.8 Å². The third kappa shape index (κ3) is 5.06. The van der Waals surface area contributed by atoms with Crippen molar-refractivity contribution in [2.75, 3.05) is 17.3 Å². The number of aryl methyl sites for hydroxylation is 1. The first-order valence-corrected chi connectivity index (χ1v) is 12.6. The van der Waals surface area contributed by atoms with Crippen molar-refractivity contribution in [3.05, 3.63) is 54.4 Å². The molecule has 0 fully saturated rings. The minimum Gasteiger partial charge on any atom is -0.508 e. The molecule has 0 amide bonds. The van der Waals surface area contributed by atoms with Crippen molar-refractivity contribution in [1.82, 2.24) is 19.9 Å². The van der Waals surface area contributed by atoms with E-state index in [1.165, 1.54) is 6.33 Å². The first-order chi connectivity index (χ1) is 15.1. The smallest absolute Gasteiger partial charge is 0.190 e. The second-order valence-corrected chi connectivity index (χ2v) is 9.73. The number of aromatic hydroxyl groups is 1. The van der Waals surface area contributed by atoms with E-state index < -0.39 is 0 Å². The van der Waals surface area contributed by atoms with Crippen LogP contribution < -0.4 is 5.32 Å². The molecular weight excluding hydrogens is 446 g/mol. The number of anilines is 2. The van der Waals surface area contributed by atoms with Gasteiger partial charge < -0.3 is 10.4 Å². The van der Waals surface area contributed by atoms with Gasteiger partial charge in [0.2, 0.25) is 0 Å². The summed E-state index contributed by atoms with van der Waals surface area (Å²) >= 11 is 4.78. The average molecular weight is 468 g/mol. The Morgan fingerprint density at radius 3 is 2.58 bits per heavy atom. The molecule has 0 aliphatic heterocycles. The molecule has 4 aromatic rings. The first kappa shape index (κ1) is 21.7. The van der Waals surface area contributed by atoms with E-state index in [-0.39, 0.29) is 5.75 Å². The molecule has 0 atom stereocenters. The molecule has 0 aliphatic rings. The zero-order valence-electron chi connectivity index (χ0n) is 17.3. The maximum atomic E-state index is 9.56. The van der Waals surface area contributed by atoms with Crippen LogP contribution in [0.15, 0.2) is 68.8 Å². The summed E-state index contributed by atoms with van der Waals surface area (Å²) in [5, 5.41) is 15.4. The van der Waals surface area contributed by atoms with Crippen molar-refractivity contribution in [3.8, 4) is 5.75 Å². The number of nitrogens with zero attached hydrogens (tertiary/aromatic N) is 4. The van der Waals surface area contributed by atoms with E-state index in [9.17, 15) is 5.11 Å². The molecule has 0 aliphatic carbocycles. The number of aromatic nitrogens is 4. The number of hydrogen-bond acceptors (Lipinski definition) is 9. The number of hydrogen-bond donors (Lipinski definition) is 2. The van der Waals surface area contributed by atoms with E-state index >= 15 is 0 Å². The van der Waals surface area contributed by atoms with Crippen LogP contribution in [0, 0.1) is 6.92 Å². The van der Waals surface area contributed by atoms with Crippen LogP contribution in [0.5, 0.6) is 5.75 Å². The summed E-state index contributed by atoms with van der Waals surface area (Å²) in [5.74, 6) is 1.83. The van der Waals surface area contributed by atoms with E-state index in [0.29, 0.717) is 11.5 Å². The highest BCUT2D eigenvalue weighted by molar-refractivity contribution is 7.99. The number of thioether (sulfide) groups is 2. The fourth-order valence-electron chi connectivity index (χ4n) is 2.95. The highest BCUT2D eigenvalue weighted by atomic mass is 32.2. The van der Waals surface area contributed by atoms with Crippen LogP contribution >= 0.6 is 35.3 Å². The minimum atomic E-state index is 0.254. The monoisotopic (exact) mass is 467 g/mol. The lowest BCUT2D eigenvalue weighted by atomic mass is 10.2. The second kappa shape index (κ2) is 9.76. The molecule has 0 bridgehead atoms. The number of rotatable bonds is 7. The third-order valence-electron chi connectivity index (χ3n) is 4.36. The summed E-state index contributed by atoms with van der Waals surface area (Å²) in [6.45, 7) is 4.14. The zero-order valence-corrected chi connectivity index (χ0v) is 19.7. The van der Waals surface area contributed by atoms with Gasteiger partial charge in [-0.1, -0.05) is 36.5 Å². The molecule has 0 radical (unpaired) electrons. The quantitative estimate of drug-likeness (QED) is 0.188. The van der Waals surface area contributed by atoms with Gasteiger partial charge in [-0.25, -0.2) is 19.9 Å². The van der Waals surface area contributed by atoms with E-state index in [0.717, 1.165) is 42.4 Å². The number of phenolic OH excluding ortho intramolecular Hbond substituents is 1. The summed E-state index contributed by atoms with van der Waals surface area (Å²) in [6.07, 6.45) is 3.53. The van der Waals surface area contributed by atoms with Gasteiger partial charge >= 0.3 is 0 Å². The summed E-state index contributed by atoms with van der Waals surface area (Å²) in [5.41, 5.74) is 2.71. The first-order valence-electron chi connectivity index (χ1n) is 9.61. The van der Waals surface area contributed by atoms with Crippen molar-refractivity contribution in [2.45, 2.75) is 33.8 Å². The highest BCUT2D eigenvalue weighted by Gasteiger charge is 2.15. The van der Waals surface area contributed by atoms with Crippen LogP contribution in [-0.4, -0.2) is 37.1 Å². The highest BCUT2D eigenvalue weighted by Crippen LogP contribution is 2.38. The van der Waals surface area contributed by atoms with Gasteiger partial charge in [0.15, 0.2) is 10.8 Å². The predicted molar refractivity (Wildman–Crippen MR) is 130 cm³/mol. The average Bonchev–Trinajstić information content (AvgIpc) is 2.77. The number of benzene rings is 2. The number of fused-ring (bicyclic) bond motifs is 1. The van der Waals surface area contributed by atoms with Gasteiger partial charge in [0, 0.05) is 9.79 Å². The van der Waals surface area contributed by atoms with Gasteiger partial charge in [-0.3, -0.25) is 0 Å². The van der Waals surface area contributed by atoms with E-state index in [1.54, 1.807) is 47.4 Å². The zero-order chi connectivity index (χ0) is 21.8.